The van der Waals surface area contributed by atoms with Gasteiger partial charge in [0.05, 0.1) is 12.2 Å². The van der Waals surface area contributed by atoms with Crippen LogP contribution in [0.15, 0.2) is 18.3 Å². The van der Waals surface area contributed by atoms with Gasteiger partial charge in [0.1, 0.15) is 0 Å². The number of carbonyl (C=O) groups excluding carboxylic acids is 2. The Morgan fingerprint density at radius 3 is 2.74 bits per heavy atom. The van der Waals surface area contributed by atoms with Gasteiger partial charge in [-0.1, -0.05) is 0 Å². The number of nitrogens with one attached hydrogen (secondary N) is 1. The molecule has 0 spiro atoms. The molecular weight excluding hydrogens is 244 g/mol. The normalized spacial score (nSPS) is 10.4. The summed E-state index contributed by atoms with van der Waals surface area (Å²) in [5, 5.41) is 2.74. The Morgan fingerprint density at radius 2 is 2.16 bits per heavy atom. The highest BCUT2D eigenvalue weighted by atomic mass is 16.2. The molecule has 6 nitrogen and oxygen atoms in total. The monoisotopic (exact) mass is 264 g/mol. The zero-order chi connectivity index (χ0) is 14.4. The van der Waals surface area contributed by atoms with Gasteiger partial charge in [-0.05, 0) is 26.0 Å². The lowest BCUT2D eigenvalue weighted by Gasteiger charge is -2.18. The second-order valence-electron chi connectivity index (χ2n) is 4.62. The van der Waals surface area contributed by atoms with E-state index in [0.717, 1.165) is 0 Å². The quantitative estimate of drug-likeness (QED) is 0.791. The molecular formula is C13H20N4O2. The molecule has 0 saturated carbocycles. The molecule has 0 aliphatic rings. The average Bonchev–Trinajstić information content (AvgIpc) is 2.36. The van der Waals surface area contributed by atoms with Crippen LogP contribution >= 0.6 is 0 Å². The van der Waals surface area contributed by atoms with Crippen LogP contribution < -0.4 is 11.1 Å². The van der Waals surface area contributed by atoms with Crippen molar-refractivity contribution < 1.29 is 9.59 Å². The number of aromatic nitrogens is 1. The van der Waals surface area contributed by atoms with Crippen molar-refractivity contribution in [3.05, 3.63) is 29.6 Å². The van der Waals surface area contributed by atoms with Crippen LogP contribution in [0.25, 0.3) is 0 Å². The Balaban J connectivity index is 2.68. The Morgan fingerprint density at radius 1 is 1.47 bits per heavy atom. The molecule has 0 atom stereocenters. The third-order valence-corrected chi connectivity index (χ3v) is 2.45. The van der Waals surface area contributed by atoms with Gasteiger partial charge in [-0.2, -0.15) is 0 Å². The van der Waals surface area contributed by atoms with Gasteiger partial charge in [-0.15, -0.1) is 0 Å². The largest absolute Gasteiger partial charge is 0.352 e. The second kappa shape index (κ2) is 6.84. The first-order valence-electron chi connectivity index (χ1n) is 6.14. The van der Waals surface area contributed by atoms with Crippen LogP contribution in [0.5, 0.6) is 0 Å². The third kappa shape index (κ3) is 4.67. The fourth-order valence-electron chi connectivity index (χ4n) is 1.60. The van der Waals surface area contributed by atoms with Gasteiger partial charge in [0.15, 0.2) is 0 Å². The maximum absolute atomic E-state index is 12.1. The van der Waals surface area contributed by atoms with E-state index in [1.54, 1.807) is 19.2 Å². The summed E-state index contributed by atoms with van der Waals surface area (Å²) < 4.78 is 0. The Kier molecular flexibility index (Phi) is 5.44. The van der Waals surface area contributed by atoms with Gasteiger partial charge in [0.25, 0.3) is 5.91 Å². The summed E-state index contributed by atoms with van der Waals surface area (Å²) in [4.78, 5) is 29.1. The van der Waals surface area contributed by atoms with Crippen molar-refractivity contribution in [2.75, 3.05) is 13.6 Å². The number of pyridine rings is 1. The number of amides is 2. The van der Waals surface area contributed by atoms with Gasteiger partial charge in [-0.3, -0.25) is 14.6 Å². The predicted octanol–water partition coefficient (Wildman–Crippen LogP) is 0.137. The van der Waals surface area contributed by atoms with Crippen LogP contribution in [0.4, 0.5) is 0 Å². The number of carbonyl (C=O) groups is 2. The zero-order valence-corrected chi connectivity index (χ0v) is 11.5. The van der Waals surface area contributed by atoms with E-state index in [1.165, 1.54) is 11.1 Å². The molecule has 19 heavy (non-hydrogen) atoms. The van der Waals surface area contributed by atoms with E-state index in [2.05, 4.69) is 10.3 Å². The molecule has 0 bridgehead atoms. The Hall–Kier alpha value is -1.95. The van der Waals surface area contributed by atoms with E-state index in [-0.39, 0.29) is 30.9 Å². The van der Waals surface area contributed by atoms with Gasteiger partial charge in [0, 0.05) is 31.4 Å². The molecule has 0 aliphatic heterocycles. The number of likely N-dealkylation sites (N-methyl/N-ethyl adjacent to an activating group) is 1. The van der Waals surface area contributed by atoms with E-state index in [1.807, 2.05) is 13.8 Å². The summed E-state index contributed by atoms with van der Waals surface area (Å²) in [7, 11) is 1.59. The molecule has 6 heteroatoms. The van der Waals surface area contributed by atoms with E-state index < -0.39 is 0 Å². The molecule has 0 radical (unpaired) electrons. The van der Waals surface area contributed by atoms with Gasteiger partial charge >= 0.3 is 0 Å². The van der Waals surface area contributed by atoms with Crippen LogP contribution in [-0.2, 0) is 11.3 Å². The second-order valence-corrected chi connectivity index (χ2v) is 4.62. The van der Waals surface area contributed by atoms with Gasteiger partial charge < -0.3 is 16.0 Å². The molecule has 1 rings (SSSR count). The van der Waals surface area contributed by atoms with Crippen molar-refractivity contribution in [1.82, 2.24) is 15.2 Å². The van der Waals surface area contributed by atoms with Crippen molar-refractivity contribution in [3.8, 4) is 0 Å². The van der Waals surface area contributed by atoms with Gasteiger partial charge in [0.2, 0.25) is 5.91 Å². The summed E-state index contributed by atoms with van der Waals surface area (Å²) in [5.41, 5.74) is 6.61. The molecule has 0 unspecified atom stereocenters. The van der Waals surface area contributed by atoms with E-state index >= 15 is 0 Å². The van der Waals surface area contributed by atoms with E-state index in [4.69, 9.17) is 5.73 Å². The lowest BCUT2D eigenvalue weighted by molar-refractivity contribution is -0.122. The summed E-state index contributed by atoms with van der Waals surface area (Å²) in [6, 6.07) is 3.30. The molecule has 1 heterocycles. The van der Waals surface area contributed by atoms with Crippen LogP contribution in [0, 0.1) is 0 Å². The number of nitrogens with two attached hydrogens (primary N) is 1. The molecule has 0 saturated heterocycles. The molecule has 104 valence electrons. The highest BCUT2D eigenvalue weighted by molar-refractivity contribution is 5.96. The minimum Gasteiger partial charge on any atom is -0.352 e. The van der Waals surface area contributed by atoms with E-state index in [9.17, 15) is 9.59 Å². The third-order valence-electron chi connectivity index (χ3n) is 2.45. The van der Waals surface area contributed by atoms with Crippen molar-refractivity contribution in [1.29, 1.82) is 0 Å². The zero-order valence-electron chi connectivity index (χ0n) is 11.5. The van der Waals surface area contributed by atoms with Crippen molar-refractivity contribution in [2.24, 2.45) is 5.73 Å². The van der Waals surface area contributed by atoms with Crippen LogP contribution in [0.2, 0.25) is 0 Å². The molecule has 3 N–H and O–H groups in total. The van der Waals surface area contributed by atoms with Crippen LogP contribution in [0.3, 0.4) is 0 Å². The number of hydrogen-bond donors (Lipinski definition) is 2. The number of hydrogen-bond acceptors (Lipinski definition) is 4. The fourth-order valence-corrected chi connectivity index (χ4v) is 1.60. The van der Waals surface area contributed by atoms with Gasteiger partial charge in [-0.25, -0.2) is 0 Å². The minimum atomic E-state index is -0.226. The number of nitrogens with zero attached hydrogens (tertiary/aromatic N) is 2. The highest BCUT2D eigenvalue weighted by Gasteiger charge is 2.15. The van der Waals surface area contributed by atoms with Crippen molar-refractivity contribution >= 4 is 11.8 Å². The van der Waals surface area contributed by atoms with Crippen molar-refractivity contribution in [3.63, 3.8) is 0 Å². The first-order valence-corrected chi connectivity index (χ1v) is 6.14. The summed E-state index contributed by atoms with van der Waals surface area (Å²) in [5.74, 6) is -0.407. The number of rotatable bonds is 5. The van der Waals surface area contributed by atoms with E-state index in [0.29, 0.717) is 11.3 Å². The van der Waals surface area contributed by atoms with Crippen LogP contribution in [0.1, 0.15) is 29.9 Å². The Labute approximate surface area is 113 Å². The Bertz CT molecular complexity index is 460. The summed E-state index contributed by atoms with van der Waals surface area (Å²) in [6.07, 6.45) is 1.54. The first kappa shape index (κ1) is 15.1. The first-order chi connectivity index (χ1) is 8.93. The maximum atomic E-state index is 12.1. The minimum absolute atomic E-state index is 0.0251. The lowest BCUT2D eigenvalue weighted by Crippen LogP contribution is -2.40. The molecule has 1 aromatic heterocycles. The highest BCUT2D eigenvalue weighted by Crippen LogP contribution is 2.05. The summed E-state index contributed by atoms with van der Waals surface area (Å²) >= 11 is 0. The average molecular weight is 264 g/mol. The molecule has 2 amide bonds. The topological polar surface area (TPSA) is 88.3 Å². The molecule has 0 aliphatic carbocycles. The standard InChI is InChI=1S/C13H20N4O2/c1-9(2)16-12(18)8-17(3)13(19)10-4-5-15-11(6-10)7-14/h4-6,9H,7-8,14H2,1-3H3,(H,16,18). The summed E-state index contributed by atoms with van der Waals surface area (Å²) in [6.45, 7) is 4.04. The molecule has 1 aromatic rings. The lowest BCUT2D eigenvalue weighted by atomic mass is 10.2. The maximum Gasteiger partial charge on any atom is 0.254 e. The van der Waals surface area contributed by atoms with Crippen molar-refractivity contribution in [2.45, 2.75) is 26.4 Å². The molecule has 0 fully saturated rings. The van der Waals surface area contributed by atoms with Crippen LogP contribution in [-0.4, -0.2) is 41.3 Å². The molecule has 0 aromatic carbocycles. The smallest absolute Gasteiger partial charge is 0.254 e. The predicted molar refractivity (Wildman–Crippen MR) is 72.4 cm³/mol. The SMILES string of the molecule is CC(C)NC(=O)CN(C)C(=O)c1ccnc(CN)c1. The fraction of sp³-hybridized carbons (Fsp3) is 0.462.